The summed E-state index contributed by atoms with van der Waals surface area (Å²) >= 11 is 0. The van der Waals surface area contributed by atoms with Crippen LogP contribution in [0.1, 0.15) is 22.8 Å². The molecular formula is C10H10F3N3O. The maximum atomic E-state index is 12.2. The normalized spacial score (nSPS) is 12.4. The number of hydrogen-bond donors (Lipinski definition) is 2. The van der Waals surface area contributed by atoms with E-state index in [-0.39, 0.29) is 11.4 Å². The number of amidine groups is 1. The van der Waals surface area contributed by atoms with E-state index >= 15 is 0 Å². The van der Waals surface area contributed by atoms with Gasteiger partial charge >= 0.3 is 6.18 Å². The summed E-state index contributed by atoms with van der Waals surface area (Å²) in [7, 11) is 0. The van der Waals surface area contributed by atoms with Gasteiger partial charge in [0, 0.05) is 5.56 Å². The molecule has 4 nitrogen and oxygen atoms in total. The number of carbonyl (C=O) groups excluding carboxylic acids is 1. The second-order valence-corrected chi connectivity index (χ2v) is 3.27. The van der Waals surface area contributed by atoms with Gasteiger partial charge in [-0.05, 0) is 31.2 Å². The van der Waals surface area contributed by atoms with Crippen LogP contribution in [0.3, 0.4) is 0 Å². The van der Waals surface area contributed by atoms with Crippen molar-refractivity contribution in [1.29, 1.82) is 0 Å². The first-order valence-electron chi connectivity index (χ1n) is 4.58. The van der Waals surface area contributed by atoms with Gasteiger partial charge in [0.15, 0.2) is 0 Å². The molecule has 0 bridgehead atoms. The van der Waals surface area contributed by atoms with E-state index in [1.165, 1.54) is 6.92 Å². The van der Waals surface area contributed by atoms with E-state index in [2.05, 4.69) is 10.5 Å². The first kappa shape index (κ1) is 13.0. The van der Waals surface area contributed by atoms with Crippen LogP contribution in [0.4, 0.5) is 13.2 Å². The SMILES string of the molecule is C/C(N)=N/NC(=O)c1ccc(C(F)(F)F)cc1. The molecule has 0 atom stereocenters. The van der Waals surface area contributed by atoms with E-state index in [9.17, 15) is 18.0 Å². The number of nitrogens with two attached hydrogens (primary N) is 1. The van der Waals surface area contributed by atoms with E-state index < -0.39 is 17.6 Å². The summed E-state index contributed by atoms with van der Waals surface area (Å²) in [6.45, 7) is 1.47. The predicted molar refractivity (Wildman–Crippen MR) is 56.2 cm³/mol. The number of nitrogens with zero attached hydrogens (tertiary/aromatic N) is 1. The number of rotatable bonds is 2. The first-order valence-corrected chi connectivity index (χ1v) is 4.58. The van der Waals surface area contributed by atoms with E-state index in [0.29, 0.717) is 0 Å². The molecule has 1 amide bonds. The molecule has 1 rings (SSSR count). The van der Waals surface area contributed by atoms with Crippen molar-refractivity contribution in [2.24, 2.45) is 10.8 Å². The Morgan fingerprint density at radius 1 is 1.29 bits per heavy atom. The Hall–Kier alpha value is -2.05. The fourth-order valence-corrected chi connectivity index (χ4v) is 1.01. The highest BCUT2D eigenvalue weighted by molar-refractivity contribution is 5.94. The minimum atomic E-state index is -4.42. The number of hydrazone groups is 1. The Kier molecular flexibility index (Phi) is 3.72. The zero-order chi connectivity index (χ0) is 13.1. The Balaban J connectivity index is 2.81. The van der Waals surface area contributed by atoms with Crippen LogP contribution < -0.4 is 11.2 Å². The summed E-state index contributed by atoms with van der Waals surface area (Å²) in [5, 5.41) is 3.44. The van der Waals surface area contributed by atoms with Crippen LogP contribution in [-0.2, 0) is 6.18 Å². The highest BCUT2D eigenvalue weighted by atomic mass is 19.4. The minimum absolute atomic E-state index is 0.0722. The number of halogens is 3. The monoisotopic (exact) mass is 245 g/mol. The third kappa shape index (κ3) is 3.78. The minimum Gasteiger partial charge on any atom is -0.386 e. The summed E-state index contributed by atoms with van der Waals surface area (Å²) in [6, 6.07) is 3.79. The molecule has 0 unspecified atom stereocenters. The molecule has 0 saturated carbocycles. The molecule has 0 aliphatic carbocycles. The van der Waals surface area contributed by atoms with Gasteiger partial charge in [-0.25, -0.2) is 5.43 Å². The van der Waals surface area contributed by atoms with E-state index in [0.717, 1.165) is 24.3 Å². The standard InChI is InChI=1S/C10H10F3N3O/c1-6(14)15-16-9(17)7-2-4-8(5-3-7)10(11,12)13/h2-5H,1H3,(H2,14,15)(H,16,17). The topological polar surface area (TPSA) is 67.5 Å². The summed E-state index contributed by atoms with van der Waals surface area (Å²) in [5.74, 6) is -0.478. The molecular weight excluding hydrogens is 235 g/mol. The number of nitrogens with one attached hydrogen (secondary N) is 1. The first-order chi connectivity index (χ1) is 7.80. The third-order valence-electron chi connectivity index (χ3n) is 1.81. The summed E-state index contributed by atoms with van der Waals surface area (Å²) in [4.78, 5) is 11.4. The highest BCUT2D eigenvalue weighted by Gasteiger charge is 2.30. The Labute approximate surface area is 95.3 Å². The smallest absolute Gasteiger partial charge is 0.386 e. The third-order valence-corrected chi connectivity index (χ3v) is 1.81. The molecule has 0 aliphatic heterocycles. The molecule has 0 spiro atoms. The van der Waals surface area contributed by atoms with Crippen molar-refractivity contribution in [1.82, 2.24) is 5.43 Å². The lowest BCUT2D eigenvalue weighted by atomic mass is 10.1. The van der Waals surface area contributed by atoms with Crippen molar-refractivity contribution in [2.45, 2.75) is 13.1 Å². The second-order valence-electron chi connectivity index (χ2n) is 3.27. The van der Waals surface area contributed by atoms with Gasteiger partial charge in [0.25, 0.3) is 5.91 Å². The van der Waals surface area contributed by atoms with Gasteiger partial charge in [0.05, 0.1) is 5.56 Å². The molecule has 1 aromatic rings. The predicted octanol–water partition coefficient (Wildman–Crippen LogP) is 1.73. The summed E-state index contributed by atoms with van der Waals surface area (Å²) in [5.41, 5.74) is 6.55. The number of amides is 1. The van der Waals surface area contributed by atoms with Gasteiger partial charge in [-0.1, -0.05) is 0 Å². The second kappa shape index (κ2) is 4.86. The van der Waals surface area contributed by atoms with Crippen molar-refractivity contribution >= 4 is 11.7 Å². The number of carbonyl (C=O) groups is 1. The van der Waals surface area contributed by atoms with Crippen LogP contribution in [0.25, 0.3) is 0 Å². The Bertz CT molecular complexity index is 433. The van der Waals surface area contributed by atoms with Gasteiger partial charge in [-0.2, -0.15) is 18.3 Å². The Morgan fingerprint density at radius 3 is 2.24 bits per heavy atom. The average molecular weight is 245 g/mol. The fourth-order valence-electron chi connectivity index (χ4n) is 1.01. The lowest BCUT2D eigenvalue weighted by molar-refractivity contribution is -0.137. The molecule has 0 aromatic heterocycles. The fraction of sp³-hybridized carbons (Fsp3) is 0.200. The van der Waals surface area contributed by atoms with Gasteiger partial charge in [0.1, 0.15) is 5.84 Å². The van der Waals surface area contributed by atoms with Gasteiger partial charge < -0.3 is 5.73 Å². The zero-order valence-corrected chi connectivity index (χ0v) is 8.88. The number of benzene rings is 1. The van der Waals surface area contributed by atoms with Gasteiger partial charge in [-0.15, -0.1) is 0 Å². The molecule has 17 heavy (non-hydrogen) atoms. The number of alkyl halides is 3. The summed E-state index contributed by atoms with van der Waals surface area (Å²) in [6.07, 6.45) is -4.42. The zero-order valence-electron chi connectivity index (χ0n) is 8.88. The van der Waals surface area contributed by atoms with E-state index in [1.54, 1.807) is 0 Å². The molecule has 7 heteroatoms. The number of hydrogen-bond acceptors (Lipinski definition) is 2. The molecule has 0 aliphatic rings. The van der Waals surface area contributed by atoms with Gasteiger partial charge in [0.2, 0.25) is 0 Å². The molecule has 0 fully saturated rings. The maximum absolute atomic E-state index is 12.2. The van der Waals surface area contributed by atoms with Gasteiger partial charge in [-0.3, -0.25) is 4.79 Å². The molecule has 0 saturated heterocycles. The molecule has 92 valence electrons. The van der Waals surface area contributed by atoms with Crippen LogP contribution in [0.15, 0.2) is 29.4 Å². The van der Waals surface area contributed by atoms with Crippen molar-refractivity contribution in [2.75, 3.05) is 0 Å². The van der Waals surface area contributed by atoms with Crippen LogP contribution in [0.2, 0.25) is 0 Å². The lowest BCUT2D eigenvalue weighted by Gasteiger charge is -2.06. The van der Waals surface area contributed by atoms with Crippen LogP contribution in [-0.4, -0.2) is 11.7 Å². The largest absolute Gasteiger partial charge is 0.416 e. The lowest BCUT2D eigenvalue weighted by Crippen LogP contribution is -2.21. The van der Waals surface area contributed by atoms with Crippen molar-refractivity contribution in [3.63, 3.8) is 0 Å². The molecule has 0 heterocycles. The van der Waals surface area contributed by atoms with Crippen molar-refractivity contribution < 1.29 is 18.0 Å². The van der Waals surface area contributed by atoms with Crippen molar-refractivity contribution in [3.8, 4) is 0 Å². The maximum Gasteiger partial charge on any atom is 0.416 e. The van der Waals surface area contributed by atoms with Crippen molar-refractivity contribution in [3.05, 3.63) is 35.4 Å². The summed E-state index contributed by atoms with van der Waals surface area (Å²) < 4.78 is 36.7. The quantitative estimate of drug-likeness (QED) is 0.473. The van der Waals surface area contributed by atoms with Crippen LogP contribution in [0.5, 0.6) is 0 Å². The van der Waals surface area contributed by atoms with Crippen LogP contribution in [0, 0.1) is 0 Å². The average Bonchev–Trinajstić information content (AvgIpc) is 2.25. The molecule has 3 N–H and O–H groups in total. The molecule has 1 aromatic carbocycles. The van der Waals surface area contributed by atoms with E-state index in [1.807, 2.05) is 0 Å². The van der Waals surface area contributed by atoms with Crippen LogP contribution >= 0.6 is 0 Å². The highest BCUT2D eigenvalue weighted by Crippen LogP contribution is 2.28. The Morgan fingerprint density at radius 2 is 1.82 bits per heavy atom. The van der Waals surface area contributed by atoms with E-state index in [4.69, 9.17) is 5.73 Å². The molecule has 0 radical (unpaired) electrons.